The third-order valence-corrected chi connectivity index (χ3v) is 2.60. The summed E-state index contributed by atoms with van der Waals surface area (Å²) in [5.41, 5.74) is 2.17. The van der Waals surface area contributed by atoms with Gasteiger partial charge in [-0.15, -0.1) is 0 Å². The minimum absolute atomic E-state index is 0.606. The van der Waals surface area contributed by atoms with Crippen molar-refractivity contribution in [3.63, 3.8) is 0 Å². The summed E-state index contributed by atoms with van der Waals surface area (Å²) in [6.45, 7) is 0.747. The number of nitrogens with zero attached hydrogens (tertiary/aromatic N) is 1. The van der Waals surface area contributed by atoms with Crippen LogP contribution in [0, 0.1) is 0 Å². The predicted octanol–water partition coefficient (Wildman–Crippen LogP) is 2.71. The molecule has 0 saturated heterocycles. The van der Waals surface area contributed by atoms with Crippen LogP contribution >= 0.6 is 0 Å². The molecule has 0 amide bonds. The molecule has 2 rings (SSSR count). The van der Waals surface area contributed by atoms with Crippen molar-refractivity contribution < 1.29 is 9.47 Å². The SMILES string of the molecule is COc1ccc(CNc2ccnc(OC)c2)cc1. The summed E-state index contributed by atoms with van der Waals surface area (Å²) in [6, 6.07) is 11.7. The summed E-state index contributed by atoms with van der Waals surface area (Å²) in [7, 11) is 3.27. The number of aromatic nitrogens is 1. The second-order valence-corrected chi connectivity index (χ2v) is 3.79. The highest BCUT2D eigenvalue weighted by molar-refractivity contribution is 5.45. The molecule has 0 radical (unpaired) electrons. The lowest BCUT2D eigenvalue weighted by Gasteiger charge is -2.08. The normalized spacial score (nSPS) is 9.89. The molecule has 94 valence electrons. The minimum atomic E-state index is 0.606. The second kappa shape index (κ2) is 5.91. The van der Waals surface area contributed by atoms with E-state index in [9.17, 15) is 0 Å². The molecule has 1 N–H and O–H groups in total. The van der Waals surface area contributed by atoms with Gasteiger partial charge in [0.25, 0.3) is 0 Å². The fraction of sp³-hybridized carbons (Fsp3) is 0.214. The molecule has 4 heteroatoms. The van der Waals surface area contributed by atoms with Crippen molar-refractivity contribution in [1.29, 1.82) is 0 Å². The molecule has 0 unspecified atom stereocenters. The Morgan fingerprint density at radius 3 is 2.50 bits per heavy atom. The number of pyridine rings is 1. The second-order valence-electron chi connectivity index (χ2n) is 3.79. The molecule has 1 aromatic carbocycles. The van der Waals surface area contributed by atoms with Crippen molar-refractivity contribution in [2.24, 2.45) is 0 Å². The van der Waals surface area contributed by atoms with E-state index in [-0.39, 0.29) is 0 Å². The topological polar surface area (TPSA) is 43.4 Å². The summed E-state index contributed by atoms with van der Waals surface area (Å²) in [5.74, 6) is 1.47. The Labute approximate surface area is 107 Å². The fourth-order valence-electron chi connectivity index (χ4n) is 1.58. The summed E-state index contributed by atoms with van der Waals surface area (Å²) >= 11 is 0. The molecule has 0 saturated carbocycles. The van der Waals surface area contributed by atoms with Gasteiger partial charge in [-0.25, -0.2) is 4.98 Å². The molecule has 4 nitrogen and oxygen atoms in total. The lowest BCUT2D eigenvalue weighted by Crippen LogP contribution is -2.00. The maximum Gasteiger partial charge on any atom is 0.214 e. The van der Waals surface area contributed by atoms with Gasteiger partial charge in [-0.2, -0.15) is 0 Å². The van der Waals surface area contributed by atoms with Gasteiger partial charge < -0.3 is 14.8 Å². The average Bonchev–Trinajstić information content (AvgIpc) is 2.46. The number of nitrogens with one attached hydrogen (secondary N) is 1. The number of hydrogen-bond acceptors (Lipinski definition) is 4. The van der Waals surface area contributed by atoms with Crippen LogP contribution in [0.4, 0.5) is 5.69 Å². The molecule has 1 heterocycles. The van der Waals surface area contributed by atoms with Crippen LogP contribution in [0.3, 0.4) is 0 Å². The van der Waals surface area contributed by atoms with E-state index in [1.165, 1.54) is 5.56 Å². The molecule has 0 aliphatic carbocycles. The predicted molar refractivity (Wildman–Crippen MR) is 71.1 cm³/mol. The van der Waals surface area contributed by atoms with E-state index >= 15 is 0 Å². The van der Waals surface area contributed by atoms with Gasteiger partial charge in [0.05, 0.1) is 14.2 Å². The quantitative estimate of drug-likeness (QED) is 0.878. The fourth-order valence-corrected chi connectivity index (χ4v) is 1.58. The highest BCUT2D eigenvalue weighted by Gasteiger charge is 1.98. The number of ether oxygens (including phenoxy) is 2. The number of rotatable bonds is 5. The van der Waals surface area contributed by atoms with Gasteiger partial charge in [0.1, 0.15) is 5.75 Å². The van der Waals surface area contributed by atoms with E-state index in [4.69, 9.17) is 9.47 Å². The number of anilines is 1. The Morgan fingerprint density at radius 1 is 1.06 bits per heavy atom. The third kappa shape index (κ3) is 3.13. The summed E-state index contributed by atoms with van der Waals surface area (Å²) in [4.78, 5) is 4.06. The van der Waals surface area contributed by atoms with E-state index in [0.717, 1.165) is 18.0 Å². The van der Waals surface area contributed by atoms with Crippen molar-refractivity contribution in [1.82, 2.24) is 4.98 Å². The lowest BCUT2D eigenvalue weighted by molar-refractivity contribution is 0.398. The zero-order valence-corrected chi connectivity index (χ0v) is 10.5. The number of benzene rings is 1. The smallest absolute Gasteiger partial charge is 0.214 e. The van der Waals surface area contributed by atoms with Crippen LogP contribution in [0.2, 0.25) is 0 Å². The van der Waals surface area contributed by atoms with Gasteiger partial charge >= 0.3 is 0 Å². The molecule has 0 aliphatic rings. The van der Waals surface area contributed by atoms with E-state index in [1.807, 2.05) is 36.4 Å². The first kappa shape index (κ1) is 12.2. The molecule has 18 heavy (non-hydrogen) atoms. The number of methoxy groups -OCH3 is 2. The van der Waals surface area contributed by atoms with Crippen LogP contribution < -0.4 is 14.8 Å². The average molecular weight is 244 g/mol. The van der Waals surface area contributed by atoms with E-state index in [0.29, 0.717) is 5.88 Å². The van der Waals surface area contributed by atoms with Crippen molar-refractivity contribution >= 4 is 5.69 Å². The highest BCUT2D eigenvalue weighted by Crippen LogP contribution is 2.16. The Balaban J connectivity index is 1.97. The van der Waals surface area contributed by atoms with Gasteiger partial charge in [-0.3, -0.25) is 0 Å². The van der Waals surface area contributed by atoms with Gasteiger partial charge in [0.15, 0.2) is 0 Å². The van der Waals surface area contributed by atoms with Crippen LogP contribution in [-0.2, 0) is 6.54 Å². The first-order valence-electron chi connectivity index (χ1n) is 5.68. The molecule has 2 aromatic rings. The molecular weight excluding hydrogens is 228 g/mol. The zero-order valence-electron chi connectivity index (χ0n) is 10.5. The van der Waals surface area contributed by atoms with Crippen LogP contribution in [0.5, 0.6) is 11.6 Å². The van der Waals surface area contributed by atoms with Gasteiger partial charge in [-0.05, 0) is 23.8 Å². The van der Waals surface area contributed by atoms with E-state index in [1.54, 1.807) is 20.4 Å². The van der Waals surface area contributed by atoms with Crippen LogP contribution in [0.15, 0.2) is 42.6 Å². The number of hydrogen-bond donors (Lipinski definition) is 1. The first-order chi connectivity index (χ1) is 8.81. The van der Waals surface area contributed by atoms with Gasteiger partial charge in [0, 0.05) is 24.5 Å². The van der Waals surface area contributed by atoms with Crippen LogP contribution in [0.1, 0.15) is 5.56 Å². The lowest BCUT2D eigenvalue weighted by atomic mass is 10.2. The third-order valence-electron chi connectivity index (χ3n) is 2.60. The molecule has 0 fully saturated rings. The highest BCUT2D eigenvalue weighted by atomic mass is 16.5. The zero-order chi connectivity index (χ0) is 12.8. The van der Waals surface area contributed by atoms with Crippen LogP contribution in [-0.4, -0.2) is 19.2 Å². The Kier molecular flexibility index (Phi) is 4.02. The Morgan fingerprint density at radius 2 is 1.83 bits per heavy atom. The van der Waals surface area contributed by atoms with Crippen molar-refractivity contribution in [2.75, 3.05) is 19.5 Å². The minimum Gasteiger partial charge on any atom is -0.497 e. The molecule has 0 bridgehead atoms. The maximum absolute atomic E-state index is 5.12. The Bertz CT molecular complexity index is 497. The molecule has 0 spiro atoms. The standard InChI is InChI=1S/C14H16N2O2/c1-17-13-5-3-11(4-6-13)10-16-12-7-8-15-14(9-12)18-2/h3-9H,10H2,1-2H3,(H,15,16). The monoisotopic (exact) mass is 244 g/mol. The van der Waals surface area contributed by atoms with Crippen molar-refractivity contribution in [3.8, 4) is 11.6 Å². The molecule has 0 aliphatic heterocycles. The largest absolute Gasteiger partial charge is 0.497 e. The molecular formula is C14H16N2O2. The van der Waals surface area contributed by atoms with Crippen LogP contribution in [0.25, 0.3) is 0 Å². The van der Waals surface area contributed by atoms with E-state index < -0.39 is 0 Å². The Hall–Kier alpha value is -2.23. The molecule has 1 aromatic heterocycles. The summed E-state index contributed by atoms with van der Waals surface area (Å²) in [6.07, 6.45) is 1.72. The van der Waals surface area contributed by atoms with Crippen molar-refractivity contribution in [3.05, 3.63) is 48.2 Å². The summed E-state index contributed by atoms with van der Waals surface area (Å²) < 4.78 is 10.2. The first-order valence-corrected chi connectivity index (χ1v) is 5.68. The maximum atomic E-state index is 5.12. The summed E-state index contributed by atoms with van der Waals surface area (Å²) in [5, 5.41) is 3.31. The van der Waals surface area contributed by atoms with E-state index in [2.05, 4.69) is 10.3 Å². The van der Waals surface area contributed by atoms with Gasteiger partial charge in [-0.1, -0.05) is 12.1 Å². The molecule has 0 atom stereocenters. The van der Waals surface area contributed by atoms with Crippen molar-refractivity contribution in [2.45, 2.75) is 6.54 Å². The van der Waals surface area contributed by atoms with Gasteiger partial charge in [0.2, 0.25) is 5.88 Å².